The smallest absolute Gasteiger partial charge is 0.327 e. The first-order chi connectivity index (χ1) is 6.83. The molecule has 1 aliphatic heterocycles. The molecular weight excluding hydrogens is 204 g/mol. The van der Waals surface area contributed by atoms with Gasteiger partial charge in [0.05, 0.1) is 6.42 Å². The van der Waals surface area contributed by atoms with Crippen molar-refractivity contribution in [2.24, 2.45) is 5.84 Å². The molecule has 0 amide bonds. The van der Waals surface area contributed by atoms with Crippen LogP contribution >= 0.6 is 11.8 Å². The molecule has 0 saturated carbocycles. The highest BCUT2D eigenvalue weighted by Gasteiger charge is 2.14. The molecule has 1 saturated heterocycles. The third-order valence-electron chi connectivity index (χ3n) is 2.00. The number of hydrazine groups is 1. The van der Waals surface area contributed by atoms with Crippen LogP contribution in [0.3, 0.4) is 0 Å². The Morgan fingerprint density at radius 3 is 2.93 bits per heavy atom. The van der Waals surface area contributed by atoms with E-state index >= 15 is 0 Å². The fraction of sp³-hybridized carbons (Fsp3) is 0.875. The van der Waals surface area contributed by atoms with Crippen LogP contribution in [0.15, 0.2) is 0 Å². The van der Waals surface area contributed by atoms with Crippen molar-refractivity contribution in [1.82, 2.24) is 5.59 Å². The lowest BCUT2D eigenvalue weighted by molar-refractivity contribution is -0.150. The zero-order valence-corrected chi connectivity index (χ0v) is 8.85. The average Bonchev–Trinajstić information content (AvgIpc) is 2.20. The first-order valence-electron chi connectivity index (χ1n) is 4.67. The molecule has 6 heteroatoms. The van der Waals surface area contributed by atoms with Gasteiger partial charge in [0.25, 0.3) is 0 Å². The Balaban J connectivity index is 1.99. The van der Waals surface area contributed by atoms with E-state index < -0.39 is 0 Å². The summed E-state index contributed by atoms with van der Waals surface area (Å²) in [6, 6.07) is 0. The lowest BCUT2D eigenvalue weighted by Gasteiger charge is -2.21. The van der Waals surface area contributed by atoms with Crippen molar-refractivity contribution in [3.63, 3.8) is 0 Å². The van der Waals surface area contributed by atoms with Gasteiger partial charge in [-0.25, -0.2) is 5.84 Å². The fourth-order valence-electron chi connectivity index (χ4n) is 1.27. The Labute approximate surface area is 87.6 Å². The predicted molar refractivity (Wildman–Crippen MR) is 54.3 cm³/mol. The number of carbonyl (C=O) groups excluding carboxylic acids is 1. The summed E-state index contributed by atoms with van der Waals surface area (Å²) in [4.78, 5) is 15.3. The number of hydrogen-bond donors (Lipinski definition) is 2. The number of nitrogens with two attached hydrogens (primary N) is 1. The van der Waals surface area contributed by atoms with Crippen LogP contribution in [0.2, 0.25) is 0 Å². The molecule has 14 heavy (non-hydrogen) atoms. The molecule has 0 aliphatic carbocycles. The van der Waals surface area contributed by atoms with Crippen LogP contribution in [0.4, 0.5) is 0 Å². The summed E-state index contributed by atoms with van der Waals surface area (Å²) in [7, 11) is 0. The Bertz CT molecular complexity index is 174. The van der Waals surface area contributed by atoms with Crippen molar-refractivity contribution >= 4 is 17.7 Å². The minimum absolute atomic E-state index is 0.313. The van der Waals surface area contributed by atoms with E-state index in [1.165, 1.54) is 0 Å². The van der Waals surface area contributed by atoms with Crippen LogP contribution in [0.1, 0.15) is 19.3 Å². The van der Waals surface area contributed by atoms with Gasteiger partial charge in [-0.1, -0.05) is 5.59 Å². The Morgan fingerprint density at radius 2 is 2.29 bits per heavy atom. The normalized spacial score (nSPS) is 18.1. The number of nitrogens with one attached hydrogen (secondary N) is 1. The highest BCUT2D eigenvalue weighted by Crippen LogP contribution is 2.22. The van der Waals surface area contributed by atoms with Gasteiger partial charge >= 0.3 is 5.97 Å². The van der Waals surface area contributed by atoms with Gasteiger partial charge < -0.3 is 9.57 Å². The summed E-state index contributed by atoms with van der Waals surface area (Å²) < 4.78 is 5.23. The molecule has 5 nitrogen and oxygen atoms in total. The molecule has 0 unspecified atom stereocenters. The van der Waals surface area contributed by atoms with Crippen LogP contribution in [0, 0.1) is 0 Å². The number of rotatable bonds is 5. The maximum absolute atomic E-state index is 10.9. The molecule has 0 radical (unpaired) electrons. The number of hydrogen-bond acceptors (Lipinski definition) is 6. The lowest BCUT2D eigenvalue weighted by atomic mass is 10.2. The van der Waals surface area contributed by atoms with Gasteiger partial charge in [0.2, 0.25) is 0 Å². The number of carbonyl (C=O) groups is 1. The second-order valence-electron chi connectivity index (χ2n) is 3.02. The summed E-state index contributed by atoms with van der Waals surface area (Å²) in [5.74, 6) is 5.30. The SMILES string of the molecule is NNOC(=O)CCSC1CCOCC1. The Hall–Kier alpha value is -0.300. The highest BCUT2D eigenvalue weighted by atomic mass is 32.2. The van der Waals surface area contributed by atoms with Crippen molar-refractivity contribution in [2.45, 2.75) is 24.5 Å². The lowest BCUT2D eigenvalue weighted by Crippen LogP contribution is -2.26. The molecule has 0 aromatic rings. The van der Waals surface area contributed by atoms with E-state index in [-0.39, 0.29) is 5.97 Å². The predicted octanol–water partition coefficient (Wildman–Crippen LogP) is 0.210. The van der Waals surface area contributed by atoms with Gasteiger partial charge in [-0.2, -0.15) is 11.8 Å². The molecule has 1 heterocycles. The topological polar surface area (TPSA) is 73.6 Å². The third kappa shape index (κ3) is 4.80. The van der Waals surface area contributed by atoms with Gasteiger partial charge in [0, 0.05) is 24.2 Å². The van der Waals surface area contributed by atoms with E-state index in [1.807, 2.05) is 5.59 Å². The third-order valence-corrected chi connectivity index (χ3v) is 3.38. The van der Waals surface area contributed by atoms with Crippen LogP contribution in [0.25, 0.3) is 0 Å². The van der Waals surface area contributed by atoms with E-state index in [1.54, 1.807) is 11.8 Å². The van der Waals surface area contributed by atoms with E-state index in [0.29, 0.717) is 11.7 Å². The fourth-order valence-corrected chi connectivity index (χ4v) is 2.41. The van der Waals surface area contributed by atoms with Gasteiger partial charge in [0.1, 0.15) is 0 Å². The molecule has 0 bridgehead atoms. The highest BCUT2D eigenvalue weighted by molar-refractivity contribution is 7.99. The van der Waals surface area contributed by atoms with E-state index in [4.69, 9.17) is 10.6 Å². The number of thioether (sulfide) groups is 1. The first kappa shape index (κ1) is 11.8. The molecule has 0 aromatic carbocycles. The molecule has 1 fully saturated rings. The molecule has 0 aromatic heterocycles. The second kappa shape index (κ2) is 7.05. The minimum atomic E-state index is -0.313. The maximum Gasteiger partial charge on any atom is 0.327 e. The standard InChI is InChI=1S/C8H16N2O3S/c9-10-13-8(11)3-6-14-7-1-4-12-5-2-7/h7,10H,1-6,9H2. The van der Waals surface area contributed by atoms with Crippen LogP contribution in [-0.2, 0) is 14.4 Å². The van der Waals surface area contributed by atoms with Crippen LogP contribution in [0.5, 0.6) is 0 Å². The molecule has 0 atom stereocenters. The summed E-state index contributed by atoms with van der Waals surface area (Å²) in [5.41, 5.74) is 1.88. The second-order valence-corrected chi connectivity index (χ2v) is 4.43. The zero-order valence-electron chi connectivity index (χ0n) is 8.03. The summed E-state index contributed by atoms with van der Waals surface area (Å²) in [5, 5.41) is 0.627. The van der Waals surface area contributed by atoms with Gasteiger partial charge in [-0.3, -0.25) is 4.79 Å². The molecule has 0 spiro atoms. The minimum Gasteiger partial charge on any atom is -0.381 e. The summed E-state index contributed by atoms with van der Waals surface area (Å²) >= 11 is 1.80. The van der Waals surface area contributed by atoms with Crippen molar-refractivity contribution in [1.29, 1.82) is 0 Å². The molecule has 1 rings (SSSR count). The Kier molecular flexibility index (Phi) is 5.93. The first-order valence-corrected chi connectivity index (χ1v) is 5.72. The zero-order chi connectivity index (χ0) is 10.2. The van der Waals surface area contributed by atoms with E-state index in [9.17, 15) is 4.79 Å². The Morgan fingerprint density at radius 1 is 1.57 bits per heavy atom. The van der Waals surface area contributed by atoms with Crippen LogP contribution in [-0.4, -0.2) is 30.2 Å². The van der Waals surface area contributed by atoms with Crippen molar-refractivity contribution in [2.75, 3.05) is 19.0 Å². The largest absolute Gasteiger partial charge is 0.381 e. The quantitative estimate of drug-likeness (QED) is 0.509. The van der Waals surface area contributed by atoms with Gasteiger partial charge in [0.15, 0.2) is 0 Å². The monoisotopic (exact) mass is 220 g/mol. The molecular formula is C8H16N2O3S. The van der Waals surface area contributed by atoms with Crippen molar-refractivity contribution in [3.8, 4) is 0 Å². The van der Waals surface area contributed by atoms with E-state index in [2.05, 4.69) is 4.84 Å². The molecule has 3 N–H and O–H groups in total. The average molecular weight is 220 g/mol. The van der Waals surface area contributed by atoms with Gasteiger partial charge in [-0.15, -0.1) is 0 Å². The maximum atomic E-state index is 10.9. The van der Waals surface area contributed by atoms with Crippen LogP contribution < -0.4 is 11.4 Å². The molecule has 1 aliphatic rings. The summed E-state index contributed by atoms with van der Waals surface area (Å²) in [6.45, 7) is 1.68. The van der Waals surface area contributed by atoms with Gasteiger partial charge in [-0.05, 0) is 12.8 Å². The van der Waals surface area contributed by atoms with Crippen molar-refractivity contribution < 1.29 is 14.4 Å². The molecule has 82 valence electrons. The summed E-state index contributed by atoms with van der Waals surface area (Å²) in [6.07, 6.45) is 2.55. The van der Waals surface area contributed by atoms with E-state index in [0.717, 1.165) is 31.8 Å². The number of ether oxygens (including phenoxy) is 1. The van der Waals surface area contributed by atoms with Crippen molar-refractivity contribution in [3.05, 3.63) is 0 Å².